The van der Waals surface area contributed by atoms with E-state index in [2.05, 4.69) is 22.8 Å². The van der Waals surface area contributed by atoms with Gasteiger partial charge in [0.2, 0.25) is 0 Å². The molecule has 110 valence electrons. The summed E-state index contributed by atoms with van der Waals surface area (Å²) in [5.74, 6) is 2.35. The van der Waals surface area contributed by atoms with Crippen LogP contribution in [-0.4, -0.2) is 33.9 Å². The van der Waals surface area contributed by atoms with Gasteiger partial charge in [0.05, 0.1) is 14.2 Å². The van der Waals surface area contributed by atoms with Crippen molar-refractivity contribution in [2.45, 2.75) is 25.3 Å². The fraction of sp³-hybridized carbons (Fsp3) is 0.625. The molecule has 0 aromatic heterocycles. The van der Waals surface area contributed by atoms with Gasteiger partial charge >= 0.3 is 0 Å². The summed E-state index contributed by atoms with van der Waals surface area (Å²) in [6.07, 6.45) is 3.62. The fourth-order valence-corrected chi connectivity index (χ4v) is 3.50. The lowest BCUT2D eigenvalue weighted by atomic mass is 9.82. The molecule has 20 heavy (non-hydrogen) atoms. The van der Waals surface area contributed by atoms with E-state index in [4.69, 9.17) is 9.47 Å². The summed E-state index contributed by atoms with van der Waals surface area (Å²) in [6.45, 7) is 3.30. The topological polar surface area (TPSA) is 42.5 Å². The summed E-state index contributed by atoms with van der Waals surface area (Å²) in [7, 11) is 3.41. The maximum atomic E-state index is 5.47. The minimum atomic E-state index is 0.436. The SMILES string of the molecule is COc1cc2c(cc1OC)C(C1CCCNC1)NCC2. The Labute approximate surface area is 120 Å². The molecular weight excluding hydrogens is 252 g/mol. The molecule has 2 aliphatic rings. The van der Waals surface area contributed by atoms with E-state index in [1.54, 1.807) is 14.2 Å². The standard InChI is InChI=1S/C16H24N2O2/c1-19-14-8-11-5-7-18-16(12-4-3-6-17-10-12)13(11)9-15(14)20-2/h8-9,12,16-18H,3-7,10H2,1-2H3. The molecule has 0 saturated carbocycles. The molecule has 2 heterocycles. The maximum absolute atomic E-state index is 5.47. The number of ether oxygens (including phenoxy) is 2. The van der Waals surface area contributed by atoms with Gasteiger partial charge in [0.25, 0.3) is 0 Å². The lowest BCUT2D eigenvalue weighted by Crippen LogP contribution is -2.41. The number of hydrogen-bond acceptors (Lipinski definition) is 4. The Balaban J connectivity index is 1.94. The highest BCUT2D eigenvalue weighted by molar-refractivity contribution is 5.49. The molecule has 2 atom stereocenters. The third-order valence-electron chi connectivity index (χ3n) is 4.55. The summed E-state index contributed by atoms with van der Waals surface area (Å²) >= 11 is 0. The maximum Gasteiger partial charge on any atom is 0.161 e. The average Bonchev–Trinajstić information content (AvgIpc) is 2.53. The molecule has 4 nitrogen and oxygen atoms in total. The third kappa shape index (κ3) is 2.50. The summed E-state index contributed by atoms with van der Waals surface area (Å²) in [5.41, 5.74) is 2.79. The van der Waals surface area contributed by atoms with Gasteiger partial charge in [0, 0.05) is 6.04 Å². The Morgan fingerprint density at radius 3 is 2.60 bits per heavy atom. The first kappa shape index (κ1) is 13.7. The van der Waals surface area contributed by atoms with Crippen molar-refractivity contribution in [1.29, 1.82) is 0 Å². The van der Waals surface area contributed by atoms with Gasteiger partial charge in [-0.3, -0.25) is 0 Å². The van der Waals surface area contributed by atoms with Crippen LogP contribution in [0.25, 0.3) is 0 Å². The fourth-order valence-electron chi connectivity index (χ4n) is 3.50. The molecule has 0 bridgehead atoms. The van der Waals surface area contributed by atoms with Crippen LogP contribution in [0.1, 0.15) is 30.0 Å². The van der Waals surface area contributed by atoms with E-state index in [1.807, 2.05) is 0 Å². The van der Waals surface area contributed by atoms with Crippen molar-refractivity contribution in [2.24, 2.45) is 5.92 Å². The highest BCUT2D eigenvalue weighted by atomic mass is 16.5. The van der Waals surface area contributed by atoms with E-state index >= 15 is 0 Å². The summed E-state index contributed by atoms with van der Waals surface area (Å²) in [4.78, 5) is 0. The molecule has 1 aromatic rings. The number of methoxy groups -OCH3 is 2. The van der Waals surface area contributed by atoms with E-state index < -0.39 is 0 Å². The van der Waals surface area contributed by atoms with Gasteiger partial charge in [-0.2, -0.15) is 0 Å². The van der Waals surface area contributed by atoms with Crippen LogP contribution in [0.3, 0.4) is 0 Å². The van der Waals surface area contributed by atoms with Crippen LogP contribution < -0.4 is 20.1 Å². The van der Waals surface area contributed by atoms with Crippen LogP contribution in [0.2, 0.25) is 0 Å². The number of hydrogen-bond donors (Lipinski definition) is 2. The molecule has 2 N–H and O–H groups in total. The van der Waals surface area contributed by atoms with Gasteiger partial charge in [0.1, 0.15) is 0 Å². The van der Waals surface area contributed by atoms with Crippen LogP contribution >= 0.6 is 0 Å². The largest absolute Gasteiger partial charge is 0.493 e. The third-order valence-corrected chi connectivity index (χ3v) is 4.55. The molecule has 1 fully saturated rings. The van der Waals surface area contributed by atoms with Crippen LogP contribution in [0.4, 0.5) is 0 Å². The van der Waals surface area contributed by atoms with Gasteiger partial charge in [-0.05, 0) is 68.1 Å². The first-order chi connectivity index (χ1) is 9.83. The molecular formula is C16H24N2O2. The summed E-state index contributed by atoms with van der Waals surface area (Å²) < 4.78 is 10.9. The van der Waals surface area contributed by atoms with Gasteiger partial charge in [-0.25, -0.2) is 0 Å². The van der Waals surface area contributed by atoms with Crippen molar-refractivity contribution in [2.75, 3.05) is 33.9 Å². The number of fused-ring (bicyclic) bond motifs is 1. The van der Waals surface area contributed by atoms with Gasteiger partial charge in [-0.1, -0.05) is 0 Å². The van der Waals surface area contributed by atoms with Crippen molar-refractivity contribution in [3.63, 3.8) is 0 Å². The average molecular weight is 276 g/mol. The van der Waals surface area contributed by atoms with Crippen molar-refractivity contribution in [1.82, 2.24) is 10.6 Å². The first-order valence-corrected chi connectivity index (χ1v) is 7.52. The van der Waals surface area contributed by atoms with Crippen molar-refractivity contribution in [3.8, 4) is 11.5 Å². The lowest BCUT2D eigenvalue weighted by Gasteiger charge is -2.36. The van der Waals surface area contributed by atoms with Crippen molar-refractivity contribution >= 4 is 0 Å². The zero-order valence-electron chi connectivity index (χ0n) is 12.4. The molecule has 0 aliphatic carbocycles. The zero-order chi connectivity index (χ0) is 13.9. The second kappa shape index (κ2) is 6.02. The molecule has 0 radical (unpaired) electrons. The molecule has 3 rings (SSSR count). The number of piperidine rings is 1. The van der Waals surface area contributed by atoms with Gasteiger partial charge in [-0.15, -0.1) is 0 Å². The smallest absolute Gasteiger partial charge is 0.161 e. The van der Waals surface area contributed by atoms with Gasteiger partial charge < -0.3 is 20.1 Å². The van der Waals surface area contributed by atoms with Crippen molar-refractivity contribution < 1.29 is 9.47 Å². The van der Waals surface area contributed by atoms with E-state index in [1.165, 1.54) is 24.0 Å². The predicted octanol–water partition coefficient (Wildman–Crippen LogP) is 1.89. The zero-order valence-corrected chi connectivity index (χ0v) is 12.4. The Kier molecular flexibility index (Phi) is 4.13. The predicted molar refractivity (Wildman–Crippen MR) is 79.6 cm³/mol. The van der Waals surface area contributed by atoms with E-state index in [9.17, 15) is 0 Å². The van der Waals surface area contributed by atoms with E-state index in [0.717, 1.165) is 37.6 Å². The lowest BCUT2D eigenvalue weighted by molar-refractivity contribution is 0.278. The molecule has 0 spiro atoms. The van der Waals surface area contributed by atoms with E-state index in [-0.39, 0.29) is 0 Å². The number of nitrogens with one attached hydrogen (secondary N) is 2. The summed E-state index contributed by atoms with van der Waals surface area (Å²) in [5, 5.41) is 7.22. The Bertz CT molecular complexity index is 470. The second-order valence-corrected chi connectivity index (χ2v) is 5.69. The molecule has 2 unspecified atom stereocenters. The molecule has 0 amide bonds. The molecule has 4 heteroatoms. The Morgan fingerprint density at radius 1 is 1.10 bits per heavy atom. The highest BCUT2D eigenvalue weighted by Gasteiger charge is 2.29. The van der Waals surface area contributed by atoms with E-state index in [0.29, 0.717) is 12.0 Å². The minimum absolute atomic E-state index is 0.436. The quantitative estimate of drug-likeness (QED) is 0.885. The normalized spacial score (nSPS) is 25.9. The van der Waals surface area contributed by atoms with Crippen LogP contribution in [0, 0.1) is 5.92 Å². The first-order valence-electron chi connectivity index (χ1n) is 7.52. The minimum Gasteiger partial charge on any atom is -0.493 e. The molecule has 2 aliphatic heterocycles. The second-order valence-electron chi connectivity index (χ2n) is 5.69. The van der Waals surface area contributed by atoms with Crippen molar-refractivity contribution in [3.05, 3.63) is 23.3 Å². The monoisotopic (exact) mass is 276 g/mol. The number of benzene rings is 1. The van der Waals surface area contributed by atoms with Crippen LogP contribution in [-0.2, 0) is 6.42 Å². The van der Waals surface area contributed by atoms with Crippen LogP contribution in [0.15, 0.2) is 12.1 Å². The van der Waals surface area contributed by atoms with Crippen LogP contribution in [0.5, 0.6) is 11.5 Å². The number of rotatable bonds is 3. The molecule has 1 aromatic carbocycles. The Hall–Kier alpha value is -1.26. The Morgan fingerprint density at radius 2 is 1.90 bits per heavy atom. The van der Waals surface area contributed by atoms with Gasteiger partial charge in [0.15, 0.2) is 11.5 Å². The highest BCUT2D eigenvalue weighted by Crippen LogP contribution is 2.38. The molecule has 1 saturated heterocycles. The summed E-state index contributed by atoms with van der Waals surface area (Å²) in [6, 6.07) is 4.75.